The summed E-state index contributed by atoms with van der Waals surface area (Å²) in [5.74, 6) is 0.708. The number of anilines is 2. The molecule has 0 saturated carbocycles. The van der Waals surface area contributed by atoms with Crippen molar-refractivity contribution < 1.29 is 9.90 Å². The summed E-state index contributed by atoms with van der Waals surface area (Å²) in [6.07, 6.45) is 3.25. The number of aromatic nitrogens is 2. The lowest BCUT2D eigenvalue weighted by Crippen LogP contribution is -2.15. The molecule has 1 unspecified atom stereocenters. The van der Waals surface area contributed by atoms with E-state index in [1.807, 2.05) is 6.07 Å². The number of rotatable bonds is 8. The van der Waals surface area contributed by atoms with E-state index in [0.717, 1.165) is 12.2 Å². The summed E-state index contributed by atoms with van der Waals surface area (Å²) >= 11 is 0. The highest BCUT2D eigenvalue weighted by molar-refractivity contribution is 5.66. The quantitative estimate of drug-likeness (QED) is 0.613. The molecule has 18 heavy (non-hydrogen) atoms. The lowest BCUT2D eigenvalue weighted by molar-refractivity contribution is -0.137. The first-order valence-electron chi connectivity index (χ1n) is 6.16. The second-order valence-electron chi connectivity index (χ2n) is 4.17. The van der Waals surface area contributed by atoms with Gasteiger partial charge < -0.3 is 15.7 Å². The molecule has 6 heteroatoms. The molecule has 100 valence electrons. The zero-order valence-electron chi connectivity index (χ0n) is 10.8. The third-order valence-corrected chi connectivity index (χ3v) is 2.55. The lowest BCUT2D eigenvalue weighted by atomic mass is 10.2. The third-order valence-electron chi connectivity index (χ3n) is 2.55. The van der Waals surface area contributed by atoms with Crippen LogP contribution in [-0.2, 0) is 4.79 Å². The summed E-state index contributed by atoms with van der Waals surface area (Å²) in [5, 5.41) is 14.9. The van der Waals surface area contributed by atoms with Crippen LogP contribution >= 0.6 is 0 Å². The Labute approximate surface area is 107 Å². The van der Waals surface area contributed by atoms with Crippen molar-refractivity contribution in [3.63, 3.8) is 0 Å². The van der Waals surface area contributed by atoms with Gasteiger partial charge in [0, 0.05) is 25.1 Å². The van der Waals surface area contributed by atoms with Gasteiger partial charge in [-0.3, -0.25) is 4.79 Å². The van der Waals surface area contributed by atoms with Crippen molar-refractivity contribution in [2.45, 2.75) is 39.2 Å². The molecule has 3 N–H and O–H groups in total. The van der Waals surface area contributed by atoms with E-state index in [1.54, 1.807) is 0 Å². The Morgan fingerprint density at radius 1 is 1.44 bits per heavy atom. The minimum atomic E-state index is -0.779. The maximum atomic E-state index is 10.4. The van der Waals surface area contributed by atoms with Gasteiger partial charge in [-0.05, 0) is 19.8 Å². The van der Waals surface area contributed by atoms with Crippen molar-refractivity contribution in [1.82, 2.24) is 9.97 Å². The highest BCUT2D eigenvalue weighted by atomic mass is 16.4. The molecule has 0 amide bonds. The molecule has 0 saturated heterocycles. The fourth-order valence-corrected chi connectivity index (χ4v) is 1.34. The molecule has 1 aromatic rings. The summed E-state index contributed by atoms with van der Waals surface area (Å²) in [5.41, 5.74) is 0. The van der Waals surface area contributed by atoms with Crippen LogP contribution in [0.1, 0.15) is 33.1 Å². The van der Waals surface area contributed by atoms with Gasteiger partial charge >= 0.3 is 5.97 Å². The number of nitrogens with zero attached hydrogens (tertiary/aromatic N) is 2. The van der Waals surface area contributed by atoms with E-state index in [9.17, 15) is 4.79 Å². The van der Waals surface area contributed by atoms with E-state index in [-0.39, 0.29) is 6.42 Å². The van der Waals surface area contributed by atoms with E-state index < -0.39 is 5.97 Å². The van der Waals surface area contributed by atoms with Crippen LogP contribution in [0.3, 0.4) is 0 Å². The van der Waals surface area contributed by atoms with Gasteiger partial charge in [0.15, 0.2) is 0 Å². The van der Waals surface area contributed by atoms with Crippen LogP contribution in [-0.4, -0.2) is 33.6 Å². The molecule has 0 aliphatic rings. The monoisotopic (exact) mass is 252 g/mol. The predicted molar refractivity (Wildman–Crippen MR) is 70.8 cm³/mol. The molecular weight excluding hydrogens is 232 g/mol. The molecule has 6 nitrogen and oxygen atoms in total. The lowest BCUT2D eigenvalue weighted by Gasteiger charge is -2.12. The minimum Gasteiger partial charge on any atom is -0.481 e. The van der Waals surface area contributed by atoms with Crippen LogP contribution in [0.15, 0.2) is 12.4 Å². The first-order valence-corrected chi connectivity index (χ1v) is 6.16. The van der Waals surface area contributed by atoms with Crippen molar-refractivity contribution in [3.05, 3.63) is 12.4 Å². The van der Waals surface area contributed by atoms with Crippen molar-refractivity contribution in [2.75, 3.05) is 17.2 Å². The molecule has 0 radical (unpaired) electrons. The summed E-state index contributed by atoms with van der Waals surface area (Å²) in [6.45, 7) is 4.78. The SMILES string of the molecule is CCC(C)Nc1cc(NCCCC(=O)O)ncn1. The Balaban J connectivity index is 2.41. The second-order valence-corrected chi connectivity index (χ2v) is 4.17. The van der Waals surface area contributed by atoms with Gasteiger partial charge in [0.2, 0.25) is 0 Å². The summed E-state index contributed by atoms with van der Waals surface area (Å²) in [7, 11) is 0. The predicted octanol–water partition coefficient (Wildman–Crippen LogP) is 1.96. The Hall–Kier alpha value is -1.85. The molecular formula is C12H20N4O2. The number of carbonyl (C=O) groups is 1. The van der Waals surface area contributed by atoms with E-state index in [2.05, 4.69) is 34.4 Å². The maximum Gasteiger partial charge on any atom is 0.303 e. The van der Waals surface area contributed by atoms with Crippen molar-refractivity contribution >= 4 is 17.6 Å². The van der Waals surface area contributed by atoms with Crippen molar-refractivity contribution in [3.8, 4) is 0 Å². The Kier molecular flexibility index (Phi) is 5.90. The average Bonchev–Trinajstić information content (AvgIpc) is 2.35. The molecule has 0 aliphatic carbocycles. The van der Waals surface area contributed by atoms with E-state index >= 15 is 0 Å². The van der Waals surface area contributed by atoms with E-state index in [1.165, 1.54) is 6.33 Å². The summed E-state index contributed by atoms with van der Waals surface area (Å²) < 4.78 is 0. The minimum absolute atomic E-state index is 0.163. The highest BCUT2D eigenvalue weighted by Gasteiger charge is 2.02. The summed E-state index contributed by atoms with van der Waals surface area (Å²) in [4.78, 5) is 18.6. The first kappa shape index (κ1) is 14.2. The Morgan fingerprint density at radius 2 is 2.17 bits per heavy atom. The number of aliphatic carboxylic acids is 1. The van der Waals surface area contributed by atoms with E-state index in [0.29, 0.717) is 24.8 Å². The second kappa shape index (κ2) is 7.47. The number of carboxylic acids is 1. The molecule has 0 spiro atoms. The van der Waals surface area contributed by atoms with Crippen LogP contribution in [0.25, 0.3) is 0 Å². The van der Waals surface area contributed by atoms with Gasteiger partial charge in [0.05, 0.1) is 0 Å². The van der Waals surface area contributed by atoms with Crippen LogP contribution in [0, 0.1) is 0 Å². The first-order chi connectivity index (χ1) is 8.61. The van der Waals surface area contributed by atoms with Crippen LogP contribution in [0.2, 0.25) is 0 Å². The molecule has 1 atom stereocenters. The largest absolute Gasteiger partial charge is 0.481 e. The molecule has 1 heterocycles. The number of nitrogens with one attached hydrogen (secondary N) is 2. The Morgan fingerprint density at radius 3 is 2.83 bits per heavy atom. The van der Waals surface area contributed by atoms with Gasteiger partial charge in [-0.15, -0.1) is 0 Å². The molecule has 0 aliphatic heterocycles. The van der Waals surface area contributed by atoms with Crippen LogP contribution in [0.5, 0.6) is 0 Å². The van der Waals surface area contributed by atoms with Gasteiger partial charge in [-0.2, -0.15) is 0 Å². The van der Waals surface area contributed by atoms with Gasteiger partial charge in [-0.25, -0.2) is 9.97 Å². The standard InChI is InChI=1S/C12H20N4O2/c1-3-9(2)16-11-7-10(14-8-15-11)13-6-4-5-12(17)18/h7-9H,3-6H2,1-2H3,(H,17,18)(H2,13,14,15,16). The molecule has 0 fully saturated rings. The third kappa shape index (κ3) is 5.47. The zero-order chi connectivity index (χ0) is 13.4. The fraction of sp³-hybridized carbons (Fsp3) is 0.583. The fourth-order valence-electron chi connectivity index (χ4n) is 1.34. The topological polar surface area (TPSA) is 87.1 Å². The molecule has 1 aromatic heterocycles. The number of carboxylic acid groups (broad SMARTS) is 1. The van der Waals surface area contributed by atoms with Crippen molar-refractivity contribution in [1.29, 1.82) is 0 Å². The highest BCUT2D eigenvalue weighted by Crippen LogP contribution is 2.10. The smallest absolute Gasteiger partial charge is 0.303 e. The van der Waals surface area contributed by atoms with Gasteiger partial charge in [0.25, 0.3) is 0 Å². The van der Waals surface area contributed by atoms with Crippen LogP contribution in [0.4, 0.5) is 11.6 Å². The van der Waals surface area contributed by atoms with Gasteiger partial charge in [0.1, 0.15) is 18.0 Å². The molecule has 0 bridgehead atoms. The number of hydrogen-bond acceptors (Lipinski definition) is 5. The normalized spacial score (nSPS) is 11.9. The average molecular weight is 252 g/mol. The number of hydrogen-bond donors (Lipinski definition) is 3. The van der Waals surface area contributed by atoms with Crippen molar-refractivity contribution in [2.24, 2.45) is 0 Å². The summed E-state index contributed by atoms with van der Waals surface area (Å²) in [6, 6.07) is 2.19. The van der Waals surface area contributed by atoms with Gasteiger partial charge in [-0.1, -0.05) is 6.92 Å². The molecule has 1 rings (SSSR count). The zero-order valence-corrected chi connectivity index (χ0v) is 10.8. The molecule has 0 aromatic carbocycles. The van der Waals surface area contributed by atoms with E-state index in [4.69, 9.17) is 5.11 Å². The Bertz CT molecular complexity index is 384. The maximum absolute atomic E-state index is 10.4. The van der Waals surface area contributed by atoms with Crippen LogP contribution < -0.4 is 10.6 Å².